The molecule has 0 aliphatic rings. The van der Waals surface area contributed by atoms with Gasteiger partial charge in [-0.05, 0) is 25.5 Å². The van der Waals surface area contributed by atoms with E-state index in [2.05, 4.69) is 4.72 Å². The summed E-state index contributed by atoms with van der Waals surface area (Å²) in [6.45, 7) is 3.96. The van der Waals surface area contributed by atoms with Crippen LogP contribution in [0.3, 0.4) is 0 Å². The zero-order valence-electron chi connectivity index (χ0n) is 10.2. The minimum atomic E-state index is -3.15. The number of benzene rings is 1. The molecular weight excluding hydrogens is 238 g/mol. The molecule has 1 aromatic carbocycles. The number of para-hydroxylation sites is 1. The van der Waals surface area contributed by atoms with E-state index in [4.69, 9.17) is 4.74 Å². The molecule has 1 rings (SSSR count). The second kappa shape index (κ2) is 6.61. The second-order valence-electron chi connectivity index (χ2n) is 3.91. The van der Waals surface area contributed by atoms with E-state index in [-0.39, 0.29) is 18.4 Å². The molecule has 17 heavy (non-hydrogen) atoms. The third-order valence-electron chi connectivity index (χ3n) is 2.14. The van der Waals surface area contributed by atoms with E-state index < -0.39 is 10.0 Å². The first-order valence-electron chi connectivity index (χ1n) is 5.72. The molecule has 0 saturated carbocycles. The molecule has 0 spiro atoms. The number of sulfonamides is 1. The van der Waals surface area contributed by atoms with Crippen LogP contribution in [-0.4, -0.2) is 26.8 Å². The lowest BCUT2D eigenvalue weighted by molar-refractivity contribution is 0.225. The number of hydrogen-bond donors (Lipinski definition) is 1. The molecular formula is C12H19NO3S. The topological polar surface area (TPSA) is 55.4 Å². The molecule has 0 fully saturated rings. The van der Waals surface area contributed by atoms with Crippen LogP contribution in [-0.2, 0) is 10.0 Å². The van der Waals surface area contributed by atoms with Crippen LogP contribution in [0, 0.1) is 0 Å². The fourth-order valence-electron chi connectivity index (χ4n) is 1.36. The summed E-state index contributed by atoms with van der Waals surface area (Å²) in [7, 11) is -3.15. The van der Waals surface area contributed by atoms with Crippen molar-refractivity contribution >= 4 is 10.0 Å². The van der Waals surface area contributed by atoms with Crippen molar-refractivity contribution in [3.8, 4) is 5.75 Å². The van der Waals surface area contributed by atoms with Gasteiger partial charge in [0, 0.05) is 6.54 Å². The lowest BCUT2D eigenvalue weighted by Crippen LogP contribution is -2.34. The fraction of sp³-hybridized carbons (Fsp3) is 0.500. The number of hydrogen-bond acceptors (Lipinski definition) is 3. The lowest BCUT2D eigenvalue weighted by Gasteiger charge is -2.15. The zero-order valence-corrected chi connectivity index (χ0v) is 11.0. The highest BCUT2D eigenvalue weighted by Gasteiger charge is 2.11. The molecule has 1 aromatic rings. The van der Waals surface area contributed by atoms with E-state index in [0.29, 0.717) is 6.42 Å². The average Bonchev–Trinajstić information content (AvgIpc) is 2.28. The van der Waals surface area contributed by atoms with Crippen molar-refractivity contribution in [3.63, 3.8) is 0 Å². The predicted octanol–water partition coefficient (Wildman–Crippen LogP) is 1.78. The molecule has 0 heterocycles. The molecule has 0 radical (unpaired) electrons. The number of rotatable bonds is 7. The van der Waals surface area contributed by atoms with E-state index in [1.54, 1.807) is 0 Å². The van der Waals surface area contributed by atoms with Crippen molar-refractivity contribution in [2.75, 3.05) is 12.3 Å². The van der Waals surface area contributed by atoms with Crippen LogP contribution in [0.1, 0.15) is 20.3 Å². The minimum Gasteiger partial charge on any atom is -0.489 e. The van der Waals surface area contributed by atoms with Gasteiger partial charge in [-0.25, -0.2) is 13.1 Å². The summed E-state index contributed by atoms with van der Waals surface area (Å²) in [6, 6.07) is 9.35. The summed E-state index contributed by atoms with van der Waals surface area (Å²) in [5, 5.41) is 0. The van der Waals surface area contributed by atoms with Crippen molar-refractivity contribution < 1.29 is 13.2 Å². The van der Waals surface area contributed by atoms with Gasteiger partial charge in [0.2, 0.25) is 10.0 Å². The van der Waals surface area contributed by atoms with Crippen molar-refractivity contribution in [2.45, 2.75) is 26.4 Å². The molecule has 0 aromatic heterocycles. The van der Waals surface area contributed by atoms with Crippen LogP contribution in [0.25, 0.3) is 0 Å². The van der Waals surface area contributed by atoms with E-state index in [0.717, 1.165) is 5.75 Å². The molecule has 0 bridgehead atoms. The Kier molecular flexibility index (Phi) is 5.44. The van der Waals surface area contributed by atoms with E-state index in [1.807, 2.05) is 44.2 Å². The molecule has 1 unspecified atom stereocenters. The third-order valence-corrected chi connectivity index (χ3v) is 3.70. The Morgan fingerprint density at radius 1 is 1.29 bits per heavy atom. The number of nitrogens with one attached hydrogen (secondary N) is 1. The predicted molar refractivity (Wildman–Crippen MR) is 68.6 cm³/mol. The minimum absolute atomic E-state index is 0.158. The quantitative estimate of drug-likeness (QED) is 0.810. The molecule has 4 nitrogen and oxygen atoms in total. The molecule has 5 heteroatoms. The van der Waals surface area contributed by atoms with Gasteiger partial charge in [0.1, 0.15) is 11.9 Å². The second-order valence-corrected chi connectivity index (χ2v) is 5.84. The Labute approximate surface area is 103 Å². The molecule has 96 valence electrons. The Morgan fingerprint density at radius 3 is 2.53 bits per heavy atom. The van der Waals surface area contributed by atoms with Gasteiger partial charge in [0.15, 0.2) is 0 Å². The molecule has 1 atom stereocenters. The van der Waals surface area contributed by atoms with Crippen molar-refractivity contribution in [2.24, 2.45) is 0 Å². The van der Waals surface area contributed by atoms with Crippen LogP contribution in [0.2, 0.25) is 0 Å². The van der Waals surface area contributed by atoms with Gasteiger partial charge < -0.3 is 4.74 Å². The normalized spacial score (nSPS) is 13.3. The maximum atomic E-state index is 11.4. The van der Waals surface area contributed by atoms with Gasteiger partial charge in [-0.2, -0.15) is 0 Å². The average molecular weight is 257 g/mol. The van der Waals surface area contributed by atoms with Gasteiger partial charge in [-0.1, -0.05) is 25.1 Å². The molecule has 0 aliphatic carbocycles. The van der Waals surface area contributed by atoms with Crippen molar-refractivity contribution in [1.29, 1.82) is 0 Å². The lowest BCUT2D eigenvalue weighted by atomic mass is 10.3. The molecule has 0 aliphatic heterocycles. The van der Waals surface area contributed by atoms with Crippen LogP contribution < -0.4 is 9.46 Å². The Bertz CT molecular complexity index is 417. The standard InChI is InChI=1S/C12H19NO3S/c1-3-9-17(14,15)13-10-11(2)16-12-7-5-4-6-8-12/h4-8,11,13H,3,9-10H2,1-2H3. The fourth-order valence-corrected chi connectivity index (χ4v) is 2.53. The highest BCUT2D eigenvalue weighted by Crippen LogP contribution is 2.10. The van der Waals surface area contributed by atoms with Gasteiger partial charge in [0.25, 0.3) is 0 Å². The summed E-state index contributed by atoms with van der Waals surface area (Å²) in [6.07, 6.45) is 0.424. The third kappa shape index (κ3) is 5.70. The maximum absolute atomic E-state index is 11.4. The van der Waals surface area contributed by atoms with E-state index in [1.165, 1.54) is 0 Å². The summed E-state index contributed by atoms with van der Waals surface area (Å²) in [4.78, 5) is 0. The van der Waals surface area contributed by atoms with Crippen molar-refractivity contribution in [3.05, 3.63) is 30.3 Å². The summed E-state index contributed by atoms with van der Waals surface area (Å²) >= 11 is 0. The molecule has 1 N–H and O–H groups in total. The highest BCUT2D eigenvalue weighted by molar-refractivity contribution is 7.89. The van der Waals surface area contributed by atoms with Crippen LogP contribution in [0.15, 0.2) is 30.3 Å². The Morgan fingerprint density at radius 2 is 1.94 bits per heavy atom. The monoisotopic (exact) mass is 257 g/mol. The number of ether oxygens (including phenoxy) is 1. The molecule has 0 amide bonds. The Balaban J connectivity index is 2.38. The van der Waals surface area contributed by atoms with Crippen LogP contribution in [0.5, 0.6) is 5.75 Å². The van der Waals surface area contributed by atoms with E-state index >= 15 is 0 Å². The van der Waals surface area contributed by atoms with Gasteiger partial charge in [0.05, 0.1) is 5.75 Å². The van der Waals surface area contributed by atoms with Gasteiger partial charge in [-0.3, -0.25) is 0 Å². The Hall–Kier alpha value is -1.07. The first-order chi connectivity index (χ1) is 8.03. The van der Waals surface area contributed by atoms with Crippen molar-refractivity contribution in [1.82, 2.24) is 4.72 Å². The zero-order chi connectivity index (χ0) is 12.7. The van der Waals surface area contributed by atoms with Gasteiger partial charge >= 0.3 is 0 Å². The first kappa shape index (κ1) is 14.0. The maximum Gasteiger partial charge on any atom is 0.211 e. The summed E-state index contributed by atoms with van der Waals surface area (Å²) in [5.74, 6) is 0.903. The van der Waals surface area contributed by atoms with Gasteiger partial charge in [-0.15, -0.1) is 0 Å². The van der Waals surface area contributed by atoms with Crippen LogP contribution >= 0.6 is 0 Å². The molecule has 0 saturated heterocycles. The van der Waals surface area contributed by atoms with Crippen LogP contribution in [0.4, 0.5) is 0 Å². The summed E-state index contributed by atoms with van der Waals surface area (Å²) < 4.78 is 30.9. The van der Waals surface area contributed by atoms with E-state index in [9.17, 15) is 8.42 Å². The summed E-state index contributed by atoms with van der Waals surface area (Å²) in [5.41, 5.74) is 0. The highest BCUT2D eigenvalue weighted by atomic mass is 32.2. The first-order valence-corrected chi connectivity index (χ1v) is 7.38. The smallest absolute Gasteiger partial charge is 0.211 e. The SMILES string of the molecule is CCCS(=O)(=O)NCC(C)Oc1ccccc1. The largest absolute Gasteiger partial charge is 0.489 e.